The Balaban J connectivity index is 1.95. The van der Waals surface area contributed by atoms with Gasteiger partial charge in [0.05, 0.1) is 0 Å². The van der Waals surface area contributed by atoms with Crippen molar-refractivity contribution < 1.29 is 0 Å². The molecular weight excluding hydrogens is 226 g/mol. The third kappa shape index (κ3) is 2.92. The molecule has 0 spiro atoms. The van der Waals surface area contributed by atoms with E-state index in [1.165, 1.54) is 17.7 Å². The molecule has 2 atom stereocenters. The minimum Gasteiger partial charge on any atom is -0.312 e. The van der Waals surface area contributed by atoms with Crippen LogP contribution >= 0.6 is 11.3 Å². The van der Waals surface area contributed by atoms with Crippen LogP contribution < -0.4 is 5.32 Å². The van der Waals surface area contributed by atoms with E-state index in [1.807, 2.05) is 11.3 Å². The van der Waals surface area contributed by atoms with Crippen molar-refractivity contribution in [2.45, 2.75) is 58.4 Å². The lowest BCUT2D eigenvalue weighted by Gasteiger charge is -2.21. The molecular formula is C15H25NS. The lowest BCUT2D eigenvalue weighted by Crippen LogP contribution is -2.37. The predicted molar refractivity (Wildman–Crippen MR) is 76.9 cm³/mol. The Morgan fingerprint density at radius 3 is 2.65 bits per heavy atom. The molecule has 17 heavy (non-hydrogen) atoms. The van der Waals surface area contributed by atoms with Crippen LogP contribution in [0.5, 0.6) is 0 Å². The fourth-order valence-electron chi connectivity index (χ4n) is 2.36. The van der Waals surface area contributed by atoms with Gasteiger partial charge in [-0.3, -0.25) is 0 Å². The van der Waals surface area contributed by atoms with Crippen molar-refractivity contribution in [1.29, 1.82) is 0 Å². The number of rotatable bonds is 4. The van der Waals surface area contributed by atoms with E-state index in [4.69, 9.17) is 0 Å². The first-order valence-electron chi connectivity index (χ1n) is 6.69. The van der Waals surface area contributed by atoms with Gasteiger partial charge in [-0.15, -0.1) is 11.3 Å². The molecule has 1 nitrogen and oxygen atoms in total. The molecule has 1 saturated carbocycles. The van der Waals surface area contributed by atoms with Gasteiger partial charge in [-0.25, -0.2) is 0 Å². The highest BCUT2D eigenvalue weighted by atomic mass is 32.1. The van der Waals surface area contributed by atoms with E-state index >= 15 is 0 Å². The summed E-state index contributed by atoms with van der Waals surface area (Å²) in [6.07, 6.45) is 2.52. The van der Waals surface area contributed by atoms with Gasteiger partial charge < -0.3 is 5.32 Å². The minimum atomic E-state index is 0.244. The normalized spacial score (nSPS) is 28.4. The summed E-state index contributed by atoms with van der Waals surface area (Å²) in [6, 6.07) is 4.65. The quantitative estimate of drug-likeness (QED) is 0.853. The van der Waals surface area contributed by atoms with Crippen molar-refractivity contribution in [3.63, 3.8) is 0 Å². The summed E-state index contributed by atoms with van der Waals surface area (Å²) in [4.78, 5) is 3.12. The summed E-state index contributed by atoms with van der Waals surface area (Å²) in [5, 5.41) is 3.63. The van der Waals surface area contributed by atoms with Crippen molar-refractivity contribution in [2.24, 2.45) is 5.92 Å². The predicted octanol–water partition coefficient (Wildman–Crippen LogP) is 3.98. The highest BCUT2D eigenvalue weighted by Gasteiger charge is 2.51. The Bertz CT molecular complexity index is 388. The lowest BCUT2D eigenvalue weighted by atomic mass is 10.0. The largest absolute Gasteiger partial charge is 0.312 e. The molecule has 2 unspecified atom stereocenters. The minimum absolute atomic E-state index is 0.244. The topological polar surface area (TPSA) is 12.0 Å². The van der Waals surface area contributed by atoms with E-state index in [9.17, 15) is 0 Å². The van der Waals surface area contributed by atoms with Crippen LogP contribution in [0.2, 0.25) is 0 Å². The Labute approximate surface area is 110 Å². The zero-order valence-electron chi connectivity index (χ0n) is 11.8. The highest BCUT2D eigenvalue weighted by molar-refractivity contribution is 7.12. The van der Waals surface area contributed by atoms with Gasteiger partial charge in [0.25, 0.3) is 0 Å². The van der Waals surface area contributed by atoms with Gasteiger partial charge in [0.2, 0.25) is 0 Å². The molecule has 1 N–H and O–H groups in total. The van der Waals surface area contributed by atoms with Crippen molar-refractivity contribution in [2.75, 3.05) is 6.54 Å². The Morgan fingerprint density at radius 1 is 1.41 bits per heavy atom. The van der Waals surface area contributed by atoms with Gasteiger partial charge >= 0.3 is 0 Å². The summed E-state index contributed by atoms with van der Waals surface area (Å²) in [7, 11) is 0. The van der Waals surface area contributed by atoms with E-state index in [0.29, 0.717) is 5.41 Å². The standard InChI is InChI=1S/C15H25NS/c1-6-12-7-8-13(17-12)15(5)9-11(15)10-16-14(2,3)4/h7-8,11,16H,6,9-10H2,1-5H3. The first-order chi connectivity index (χ1) is 7.85. The van der Waals surface area contributed by atoms with Crippen LogP contribution in [-0.2, 0) is 11.8 Å². The zero-order chi connectivity index (χ0) is 12.7. The van der Waals surface area contributed by atoms with Crippen molar-refractivity contribution in [3.05, 3.63) is 21.9 Å². The lowest BCUT2D eigenvalue weighted by molar-refractivity contribution is 0.407. The second-order valence-corrected chi connectivity index (χ2v) is 7.74. The van der Waals surface area contributed by atoms with E-state index < -0.39 is 0 Å². The molecule has 2 heteroatoms. The molecule has 0 aromatic carbocycles. The van der Waals surface area contributed by atoms with Crippen molar-refractivity contribution >= 4 is 11.3 Å². The fourth-order valence-corrected chi connectivity index (χ4v) is 3.54. The average Bonchev–Trinajstić information content (AvgIpc) is 2.72. The molecule has 0 aliphatic heterocycles. The molecule has 0 saturated heterocycles. The monoisotopic (exact) mass is 251 g/mol. The summed E-state index contributed by atoms with van der Waals surface area (Å²) in [5.74, 6) is 0.824. The average molecular weight is 251 g/mol. The van der Waals surface area contributed by atoms with Gasteiger partial charge in [-0.1, -0.05) is 13.8 Å². The van der Waals surface area contributed by atoms with E-state index in [-0.39, 0.29) is 5.54 Å². The zero-order valence-corrected chi connectivity index (χ0v) is 12.6. The maximum absolute atomic E-state index is 3.63. The summed E-state index contributed by atoms with van der Waals surface area (Å²) >= 11 is 2.01. The Morgan fingerprint density at radius 2 is 2.12 bits per heavy atom. The molecule has 96 valence electrons. The number of nitrogens with one attached hydrogen (secondary N) is 1. The van der Waals surface area contributed by atoms with Crippen LogP contribution in [0.25, 0.3) is 0 Å². The number of hydrogen-bond acceptors (Lipinski definition) is 2. The SMILES string of the molecule is CCc1ccc(C2(C)CC2CNC(C)(C)C)s1. The van der Waals surface area contributed by atoms with Gasteiger partial charge in [-0.05, 0) is 58.2 Å². The van der Waals surface area contributed by atoms with Crippen LogP contribution in [0.4, 0.5) is 0 Å². The van der Waals surface area contributed by atoms with Crippen LogP contribution in [0, 0.1) is 5.92 Å². The van der Waals surface area contributed by atoms with E-state index in [2.05, 4.69) is 52.1 Å². The van der Waals surface area contributed by atoms with Crippen LogP contribution in [0.15, 0.2) is 12.1 Å². The Hall–Kier alpha value is -0.340. The first kappa shape index (κ1) is 13.1. The molecule has 0 radical (unpaired) electrons. The molecule has 1 fully saturated rings. The van der Waals surface area contributed by atoms with E-state index in [0.717, 1.165) is 12.5 Å². The van der Waals surface area contributed by atoms with Gasteiger partial charge in [0.1, 0.15) is 0 Å². The van der Waals surface area contributed by atoms with Gasteiger partial charge in [0.15, 0.2) is 0 Å². The molecule has 1 heterocycles. The molecule has 1 aliphatic rings. The van der Waals surface area contributed by atoms with Crippen molar-refractivity contribution in [1.82, 2.24) is 5.32 Å². The van der Waals surface area contributed by atoms with Crippen LogP contribution in [0.3, 0.4) is 0 Å². The third-order valence-corrected chi connectivity index (χ3v) is 5.37. The van der Waals surface area contributed by atoms with Crippen LogP contribution in [0.1, 0.15) is 50.8 Å². The number of hydrogen-bond donors (Lipinski definition) is 1. The molecule has 1 aliphatic carbocycles. The van der Waals surface area contributed by atoms with Gasteiger partial charge in [0, 0.05) is 20.7 Å². The Kier molecular flexibility index (Phi) is 3.39. The fraction of sp³-hybridized carbons (Fsp3) is 0.733. The maximum atomic E-state index is 3.63. The van der Waals surface area contributed by atoms with Gasteiger partial charge in [-0.2, -0.15) is 0 Å². The molecule has 1 aromatic rings. The second-order valence-electron chi connectivity index (χ2n) is 6.57. The molecule has 1 aromatic heterocycles. The smallest absolute Gasteiger partial charge is 0.0111 e. The molecule has 2 rings (SSSR count). The van der Waals surface area contributed by atoms with E-state index in [1.54, 1.807) is 4.88 Å². The summed E-state index contributed by atoms with van der Waals surface area (Å²) in [5.41, 5.74) is 0.698. The van der Waals surface area contributed by atoms with Crippen LogP contribution in [-0.4, -0.2) is 12.1 Å². The summed E-state index contributed by atoms with van der Waals surface area (Å²) in [6.45, 7) is 12.5. The summed E-state index contributed by atoms with van der Waals surface area (Å²) < 4.78 is 0. The highest BCUT2D eigenvalue weighted by Crippen LogP contribution is 2.55. The first-order valence-corrected chi connectivity index (χ1v) is 7.51. The number of aryl methyl sites for hydroxylation is 1. The molecule has 0 amide bonds. The number of thiophene rings is 1. The molecule has 0 bridgehead atoms. The second kappa shape index (κ2) is 4.40. The maximum Gasteiger partial charge on any atom is 0.0111 e. The third-order valence-electron chi connectivity index (χ3n) is 3.86. The van der Waals surface area contributed by atoms with Crippen molar-refractivity contribution in [3.8, 4) is 0 Å².